The largest absolute Gasteiger partial charge is 0.497 e. The number of aryl methyl sites for hydroxylation is 1. The fourth-order valence-corrected chi connectivity index (χ4v) is 1.90. The third-order valence-electron chi connectivity index (χ3n) is 3.02. The van der Waals surface area contributed by atoms with E-state index in [1.807, 2.05) is 43.3 Å². The van der Waals surface area contributed by atoms with Crippen molar-refractivity contribution in [2.75, 3.05) is 7.11 Å². The van der Waals surface area contributed by atoms with E-state index in [1.54, 1.807) is 14.0 Å². The quantitative estimate of drug-likeness (QED) is 0.521. The van der Waals surface area contributed by atoms with Gasteiger partial charge in [0.1, 0.15) is 18.1 Å². The molecule has 1 N–H and O–H groups in total. The maximum atomic E-state index is 8.72. The van der Waals surface area contributed by atoms with Crippen LogP contribution >= 0.6 is 0 Å². The Morgan fingerprint density at radius 3 is 2.52 bits per heavy atom. The van der Waals surface area contributed by atoms with Crippen molar-refractivity contribution in [3.8, 4) is 11.5 Å². The highest BCUT2D eigenvalue weighted by atomic mass is 16.5. The molecule has 1 aromatic carbocycles. The van der Waals surface area contributed by atoms with Gasteiger partial charge in [0.15, 0.2) is 0 Å². The van der Waals surface area contributed by atoms with E-state index < -0.39 is 0 Å². The number of hydrogen-bond acceptors (Lipinski definition) is 5. The number of aromatic nitrogens is 1. The van der Waals surface area contributed by atoms with Crippen LogP contribution in [0.25, 0.3) is 0 Å². The van der Waals surface area contributed by atoms with Gasteiger partial charge in [0.2, 0.25) is 0 Å². The van der Waals surface area contributed by atoms with Crippen LogP contribution in [0.1, 0.15) is 23.9 Å². The fraction of sp³-hybridized carbons (Fsp3) is 0.250. The summed E-state index contributed by atoms with van der Waals surface area (Å²) >= 11 is 0. The highest BCUT2D eigenvalue weighted by Gasteiger charge is 2.03. The summed E-state index contributed by atoms with van der Waals surface area (Å²) in [6, 6.07) is 11.1. The normalized spacial score (nSPS) is 11.3. The molecule has 0 saturated heterocycles. The van der Waals surface area contributed by atoms with Crippen molar-refractivity contribution in [3.05, 3.63) is 53.3 Å². The van der Waals surface area contributed by atoms with Crippen LogP contribution < -0.4 is 9.47 Å². The molecule has 5 heteroatoms. The van der Waals surface area contributed by atoms with E-state index in [0.29, 0.717) is 12.3 Å². The topological polar surface area (TPSA) is 63.9 Å². The zero-order chi connectivity index (χ0) is 15.2. The molecule has 2 aromatic rings. The predicted molar refractivity (Wildman–Crippen MR) is 80.3 cm³/mol. The number of methoxy groups -OCH3 is 1. The standard InChI is InChI=1S/C16H18N2O3/c1-11-8-16(20-3)9-14(17-11)10-21-15-6-4-13(5-7-15)12(2)18-19/h4-9,19H,10H2,1-3H3/b18-12+. The van der Waals surface area contributed by atoms with Gasteiger partial charge in [-0.2, -0.15) is 0 Å². The van der Waals surface area contributed by atoms with Crippen molar-refractivity contribution >= 4 is 5.71 Å². The summed E-state index contributed by atoms with van der Waals surface area (Å²) < 4.78 is 10.9. The van der Waals surface area contributed by atoms with Crippen LogP contribution in [-0.2, 0) is 6.61 Å². The Bertz CT molecular complexity index is 636. The first-order chi connectivity index (χ1) is 10.1. The summed E-state index contributed by atoms with van der Waals surface area (Å²) in [4.78, 5) is 4.40. The van der Waals surface area contributed by atoms with Gasteiger partial charge in [-0.3, -0.25) is 4.98 Å². The first-order valence-electron chi connectivity index (χ1n) is 6.56. The second-order valence-corrected chi connectivity index (χ2v) is 4.64. The van der Waals surface area contributed by atoms with Crippen LogP contribution in [0.5, 0.6) is 11.5 Å². The molecule has 0 fully saturated rings. The van der Waals surface area contributed by atoms with Gasteiger partial charge in [0, 0.05) is 17.8 Å². The number of oxime groups is 1. The molecule has 21 heavy (non-hydrogen) atoms. The number of nitrogens with zero attached hydrogens (tertiary/aromatic N) is 2. The summed E-state index contributed by atoms with van der Waals surface area (Å²) in [5.74, 6) is 1.50. The van der Waals surface area contributed by atoms with Crippen molar-refractivity contribution in [2.24, 2.45) is 5.16 Å². The summed E-state index contributed by atoms with van der Waals surface area (Å²) in [5.41, 5.74) is 3.11. The van der Waals surface area contributed by atoms with Crippen LogP contribution in [0.4, 0.5) is 0 Å². The predicted octanol–water partition coefficient (Wildman–Crippen LogP) is 3.18. The molecule has 0 aliphatic heterocycles. The monoisotopic (exact) mass is 286 g/mol. The van der Waals surface area contributed by atoms with Gasteiger partial charge >= 0.3 is 0 Å². The van der Waals surface area contributed by atoms with E-state index in [1.165, 1.54) is 0 Å². The lowest BCUT2D eigenvalue weighted by Gasteiger charge is -2.09. The molecule has 5 nitrogen and oxygen atoms in total. The molecule has 0 bridgehead atoms. The maximum absolute atomic E-state index is 8.72. The molecule has 0 aliphatic rings. The molecule has 0 amide bonds. The van der Waals surface area contributed by atoms with Crippen LogP contribution in [0.2, 0.25) is 0 Å². The second-order valence-electron chi connectivity index (χ2n) is 4.64. The zero-order valence-corrected chi connectivity index (χ0v) is 12.3. The molecule has 0 aliphatic carbocycles. The molecule has 0 atom stereocenters. The molecule has 110 valence electrons. The zero-order valence-electron chi connectivity index (χ0n) is 12.3. The average Bonchev–Trinajstić information content (AvgIpc) is 2.52. The van der Waals surface area contributed by atoms with Gasteiger partial charge in [-0.05, 0) is 43.7 Å². The van der Waals surface area contributed by atoms with Crippen molar-refractivity contribution in [1.82, 2.24) is 4.98 Å². The summed E-state index contributed by atoms with van der Waals surface area (Å²) in [6.07, 6.45) is 0. The van der Waals surface area contributed by atoms with Gasteiger partial charge in [-0.15, -0.1) is 0 Å². The Labute approximate surface area is 123 Å². The molecule has 1 aromatic heterocycles. The fourth-order valence-electron chi connectivity index (χ4n) is 1.90. The lowest BCUT2D eigenvalue weighted by molar-refractivity contribution is 0.299. The van der Waals surface area contributed by atoms with Crippen LogP contribution in [0.15, 0.2) is 41.6 Å². The number of benzene rings is 1. The number of pyridine rings is 1. The maximum Gasteiger partial charge on any atom is 0.130 e. The van der Waals surface area contributed by atoms with Crippen LogP contribution in [-0.4, -0.2) is 23.0 Å². The van der Waals surface area contributed by atoms with Gasteiger partial charge < -0.3 is 14.7 Å². The molecule has 0 saturated carbocycles. The number of ether oxygens (including phenoxy) is 2. The minimum Gasteiger partial charge on any atom is -0.497 e. The summed E-state index contributed by atoms with van der Waals surface area (Å²) in [7, 11) is 1.63. The first kappa shape index (κ1) is 14.8. The molecular weight excluding hydrogens is 268 g/mol. The summed E-state index contributed by atoms with van der Waals surface area (Å²) in [6.45, 7) is 4.01. The molecule has 2 rings (SSSR count). The molecule has 0 radical (unpaired) electrons. The minimum absolute atomic E-state index is 0.366. The van der Waals surface area contributed by atoms with Crippen molar-refractivity contribution < 1.29 is 14.7 Å². The molecule has 0 spiro atoms. The van der Waals surface area contributed by atoms with Gasteiger partial charge in [0.05, 0.1) is 18.5 Å². The Morgan fingerprint density at radius 2 is 1.90 bits per heavy atom. The Morgan fingerprint density at radius 1 is 1.19 bits per heavy atom. The Kier molecular flexibility index (Phi) is 4.77. The average molecular weight is 286 g/mol. The van der Waals surface area contributed by atoms with E-state index in [2.05, 4.69) is 10.1 Å². The van der Waals surface area contributed by atoms with Gasteiger partial charge in [0.25, 0.3) is 0 Å². The van der Waals surface area contributed by atoms with Crippen molar-refractivity contribution in [2.45, 2.75) is 20.5 Å². The summed E-state index contributed by atoms with van der Waals surface area (Å²) in [5, 5.41) is 11.9. The van der Waals surface area contributed by atoms with Crippen LogP contribution in [0, 0.1) is 6.92 Å². The number of hydrogen-bond donors (Lipinski definition) is 1. The lowest BCUT2D eigenvalue weighted by atomic mass is 10.1. The van der Waals surface area contributed by atoms with Crippen molar-refractivity contribution in [1.29, 1.82) is 0 Å². The smallest absolute Gasteiger partial charge is 0.130 e. The highest BCUT2D eigenvalue weighted by molar-refractivity contribution is 5.98. The highest BCUT2D eigenvalue weighted by Crippen LogP contribution is 2.17. The molecular formula is C16H18N2O3. The molecule has 1 heterocycles. The third-order valence-corrected chi connectivity index (χ3v) is 3.02. The van der Waals surface area contributed by atoms with E-state index in [-0.39, 0.29) is 0 Å². The van der Waals surface area contributed by atoms with E-state index >= 15 is 0 Å². The van der Waals surface area contributed by atoms with E-state index in [4.69, 9.17) is 14.7 Å². The lowest BCUT2D eigenvalue weighted by Crippen LogP contribution is -2.01. The Balaban J connectivity index is 2.04. The van der Waals surface area contributed by atoms with E-state index in [0.717, 1.165) is 28.5 Å². The van der Waals surface area contributed by atoms with Crippen molar-refractivity contribution in [3.63, 3.8) is 0 Å². The van der Waals surface area contributed by atoms with Gasteiger partial charge in [-0.1, -0.05) is 5.16 Å². The third kappa shape index (κ3) is 3.95. The van der Waals surface area contributed by atoms with Gasteiger partial charge in [-0.25, -0.2) is 0 Å². The minimum atomic E-state index is 0.366. The Hall–Kier alpha value is -2.56. The van der Waals surface area contributed by atoms with Crippen LogP contribution in [0.3, 0.4) is 0 Å². The van der Waals surface area contributed by atoms with E-state index in [9.17, 15) is 0 Å². The SMILES string of the molecule is COc1cc(C)nc(COc2ccc(/C(C)=N/O)cc2)c1. The first-order valence-corrected chi connectivity index (χ1v) is 6.56. The number of rotatable bonds is 5. The molecule has 0 unspecified atom stereocenters. The second kappa shape index (κ2) is 6.74.